The van der Waals surface area contributed by atoms with E-state index in [0.29, 0.717) is 11.5 Å². The van der Waals surface area contributed by atoms with Crippen molar-refractivity contribution >= 4 is 40.0 Å². The molecule has 0 fully saturated rings. The lowest BCUT2D eigenvalue weighted by molar-refractivity contribution is -0.154. The average Bonchev–Trinajstić information content (AvgIpc) is 3.14. The number of aromatic amines is 1. The van der Waals surface area contributed by atoms with Gasteiger partial charge in [0.1, 0.15) is 5.69 Å². The molecule has 0 spiro atoms. The van der Waals surface area contributed by atoms with E-state index in [9.17, 15) is 19.6 Å². The van der Waals surface area contributed by atoms with E-state index in [2.05, 4.69) is 20.8 Å². The number of H-pyrrole nitrogens is 1. The zero-order chi connectivity index (χ0) is 21.5. The maximum atomic E-state index is 12.5. The average molecular weight is 411 g/mol. The van der Waals surface area contributed by atoms with Crippen molar-refractivity contribution in [1.29, 1.82) is 0 Å². The number of hydrogen-bond donors (Lipinski definition) is 4. The zero-order valence-corrected chi connectivity index (χ0v) is 16.7. The first kappa shape index (κ1) is 21.3. The molecule has 0 aliphatic carbocycles. The maximum Gasteiger partial charge on any atom is 0.288 e. The second-order valence-corrected chi connectivity index (χ2v) is 7.15. The van der Waals surface area contributed by atoms with Gasteiger partial charge in [0.2, 0.25) is 12.3 Å². The van der Waals surface area contributed by atoms with Crippen molar-refractivity contribution in [3.63, 3.8) is 0 Å². The first-order valence-corrected chi connectivity index (χ1v) is 9.91. The number of rotatable bonds is 9. The molecular formula is C21H25N5O4. The lowest BCUT2D eigenvalue weighted by Gasteiger charge is -2.19. The van der Waals surface area contributed by atoms with Gasteiger partial charge >= 0.3 is 0 Å². The number of fused-ring (bicyclic) bond motifs is 3. The van der Waals surface area contributed by atoms with Crippen molar-refractivity contribution in [2.24, 2.45) is 5.92 Å². The van der Waals surface area contributed by atoms with Crippen molar-refractivity contribution in [2.45, 2.75) is 32.6 Å². The number of unbranched alkanes of at least 4 members (excludes halogenated alkanes) is 2. The largest absolute Gasteiger partial charge is 0.353 e. The van der Waals surface area contributed by atoms with E-state index in [-0.39, 0.29) is 18.6 Å². The van der Waals surface area contributed by atoms with Crippen LogP contribution >= 0.6 is 0 Å². The summed E-state index contributed by atoms with van der Waals surface area (Å²) < 4.78 is 0. The first-order valence-electron chi connectivity index (χ1n) is 9.91. The molecule has 9 nitrogen and oxygen atoms in total. The van der Waals surface area contributed by atoms with Gasteiger partial charge in [-0.25, -0.2) is 10.0 Å². The van der Waals surface area contributed by atoms with Gasteiger partial charge < -0.3 is 4.98 Å². The molecule has 0 aliphatic heterocycles. The standard InChI is InChI=1S/C21H25N5O4/c1-2-3-4-7-14(12-26(30)13-27)20(28)24-25-21(29)18-10-16-15-8-5-6-9-17(15)23-19(16)11-22-18/h5-6,8-11,13-14,23,30H,2-4,7,12H2,1H3,(H,24,28)(H,25,29)/t14-/m1/s1. The van der Waals surface area contributed by atoms with Gasteiger partial charge in [0.05, 0.1) is 24.2 Å². The number of pyridine rings is 1. The Kier molecular flexibility index (Phi) is 6.97. The molecule has 4 N–H and O–H groups in total. The van der Waals surface area contributed by atoms with Crippen molar-refractivity contribution in [2.75, 3.05) is 6.54 Å². The van der Waals surface area contributed by atoms with E-state index in [4.69, 9.17) is 0 Å². The van der Waals surface area contributed by atoms with Crippen LogP contribution in [0.15, 0.2) is 36.5 Å². The Bertz CT molecular complexity index is 1050. The molecule has 3 amide bonds. The van der Waals surface area contributed by atoms with E-state index in [1.54, 1.807) is 12.3 Å². The van der Waals surface area contributed by atoms with Gasteiger partial charge in [-0.15, -0.1) is 0 Å². The quantitative estimate of drug-likeness (QED) is 0.186. The van der Waals surface area contributed by atoms with Crippen LogP contribution in [-0.4, -0.2) is 45.0 Å². The predicted octanol–water partition coefficient (Wildman–Crippen LogP) is 2.52. The monoisotopic (exact) mass is 411 g/mol. The molecule has 2 heterocycles. The van der Waals surface area contributed by atoms with Gasteiger partial charge in [-0.1, -0.05) is 44.4 Å². The van der Waals surface area contributed by atoms with Gasteiger partial charge in [-0.05, 0) is 18.6 Å². The molecule has 2 aromatic heterocycles. The first-order chi connectivity index (χ1) is 14.5. The zero-order valence-electron chi connectivity index (χ0n) is 16.7. The lowest BCUT2D eigenvalue weighted by Crippen LogP contribution is -2.47. The summed E-state index contributed by atoms with van der Waals surface area (Å²) in [6.45, 7) is 1.89. The minimum absolute atomic E-state index is 0.144. The van der Waals surface area contributed by atoms with Gasteiger partial charge in [0, 0.05) is 16.3 Å². The van der Waals surface area contributed by atoms with Crippen LogP contribution in [0.3, 0.4) is 0 Å². The molecule has 1 atom stereocenters. The molecule has 9 heteroatoms. The van der Waals surface area contributed by atoms with Crippen LogP contribution in [0.4, 0.5) is 0 Å². The molecular weight excluding hydrogens is 386 g/mol. The molecule has 0 saturated heterocycles. The van der Waals surface area contributed by atoms with E-state index in [1.165, 1.54) is 0 Å². The van der Waals surface area contributed by atoms with E-state index in [0.717, 1.165) is 41.1 Å². The van der Waals surface area contributed by atoms with E-state index in [1.807, 2.05) is 31.2 Å². The van der Waals surface area contributed by atoms with Crippen LogP contribution in [0, 0.1) is 5.92 Å². The Balaban J connectivity index is 1.67. The molecule has 3 rings (SSSR count). The van der Waals surface area contributed by atoms with Crippen LogP contribution in [-0.2, 0) is 9.59 Å². The number of benzene rings is 1. The fourth-order valence-electron chi connectivity index (χ4n) is 3.37. The topological polar surface area (TPSA) is 127 Å². The summed E-state index contributed by atoms with van der Waals surface area (Å²) in [7, 11) is 0. The normalized spacial score (nSPS) is 11.9. The van der Waals surface area contributed by atoms with Crippen molar-refractivity contribution in [3.05, 3.63) is 42.2 Å². The third-order valence-corrected chi connectivity index (χ3v) is 4.98. The molecule has 3 aromatic rings. The fraction of sp³-hybridized carbons (Fsp3) is 0.333. The maximum absolute atomic E-state index is 12.5. The number of para-hydroxylation sites is 1. The van der Waals surface area contributed by atoms with Crippen molar-refractivity contribution < 1.29 is 19.6 Å². The van der Waals surface area contributed by atoms with Gasteiger partial charge in [-0.3, -0.25) is 30.4 Å². The Morgan fingerprint density at radius 1 is 1.20 bits per heavy atom. The second kappa shape index (κ2) is 9.84. The van der Waals surface area contributed by atoms with E-state index >= 15 is 0 Å². The summed E-state index contributed by atoms with van der Waals surface area (Å²) in [5.74, 6) is -1.68. The summed E-state index contributed by atoms with van der Waals surface area (Å²) in [5, 5.41) is 11.7. The summed E-state index contributed by atoms with van der Waals surface area (Å²) in [6.07, 6.45) is 4.99. The second-order valence-electron chi connectivity index (χ2n) is 7.15. The molecule has 1 aromatic carbocycles. The minimum Gasteiger partial charge on any atom is -0.353 e. The predicted molar refractivity (Wildman–Crippen MR) is 111 cm³/mol. The molecule has 0 bridgehead atoms. The molecule has 30 heavy (non-hydrogen) atoms. The van der Waals surface area contributed by atoms with Crippen LogP contribution in [0.5, 0.6) is 0 Å². The number of nitrogens with zero attached hydrogens (tertiary/aromatic N) is 2. The number of carbonyl (C=O) groups excluding carboxylic acids is 3. The molecule has 0 saturated carbocycles. The summed E-state index contributed by atoms with van der Waals surface area (Å²) in [6, 6.07) is 9.39. The number of hydrazine groups is 1. The highest BCUT2D eigenvalue weighted by molar-refractivity contribution is 6.09. The smallest absolute Gasteiger partial charge is 0.288 e. The summed E-state index contributed by atoms with van der Waals surface area (Å²) in [4.78, 5) is 43.0. The number of hydroxylamine groups is 2. The Morgan fingerprint density at radius 2 is 2.00 bits per heavy atom. The number of carbonyl (C=O) groups is 3. The van der Waals surface area contributed by atoms with Gasteiger partial charge in [-0.2, -0.15) is 0 Å². The summed E-state index contributed by atoms with van der Waals surface area (Å²) >= 11 is 0. The Labute approximate surface area is 173 Å². The minimum atomic E-state index is -0.642. The highest BCUT2D eigenvalue weighted by Crippen LogP contribution is 2.24. The van der Waals surface area contributed by atoms with Crippen LogP contribution in [0.25, 0.3) is 21.8 Å². The van der Waals surface area contributed by atoms with Gasteiger partial charge in [0.25, 0.3) is 5.91 Å². The molecule has 0 unspecified atom stereocenters. The fourth-order valence-corrected chi connectivity index (χ4v) is 3.37. The number of hydrogen-bond acceptors (Lipinski definition) is 5. The molecule has 0 aliphatic rings. The third-order valence-electron chi connectivity index (χ3n) is 4.98. The van der Waals surface area contributed by atoms with Crippen LogP contribution in [0.2, 0.25) is 0 Å². The third kappa shape index (κ3) is 4.93. The SMILES string of the molecule is CCCCC[C@H](CN(O)C=O)C(=O)NNC(=O)c1cc2c(cn1)[nH]c1ccccc12. The van der Waals surface area contributed by atoms with Crippen LogP contribution < -0.4 is 10.9 Å². The summed E-state index contributed by atoms with van der Waals surface area (Å²) in [5.41, 5.74) is 6.65. The molecule has 158 valence electrons. The lowest BCUT2D eigenvalue weighted by atomic mass is 10.0. The highest BCUT2D eigenvalue weighted by Gasteiger charge is 2.21. The molecule has 0 radical (unpaired) electrons. The number of amides is 3. The number of aromatic nitrogens is 2. The van der Waals surface area contributed by atoms with Gasteiger partial charge in [0.15, 0.2) is 0 Å². The number of nitrogens with one attached hydrogen (secondary N) is 3. The van der Waals surface area contributed by atoms with Crippen molar-refractivity contribution in [3.8, 4) is 0 Å². The van der Waals surface area contributed by atoms with Crippen LogP contribution in [0.1, 0.15) is 43.1 Å². The Morgan fingerprint density at radius 3 is 2.77 bits per heavy atom. The van der Waals surface area contributed by atoms with E-state index < -0.39 is 17.7 Å². The Hall–Kier alpha value is -3.46. The van der Waals surface area contributed by atoms with Crippen molar-refractivity contribution in [1.82, 2.24) is 25.9 Å². The highest BCUT2D eigenvalue weighted by atomic mass is 16.5.